The highest BCUT2D eigenvalue weighted by Gasteiger charge is 2.20. The smallest absolute Gasteiger partial charge is 0.307 e. The van der Waals surface area contributed by atoms with Gasteiger partial charge in [0.05, 0.1) is 25.1 Å². The van der Waals surface area contributed by atoms with Crippen molar-refractivity contribution in [2.24, 2.45) is 0 Å². The molecular formula is C20H20N4O3. The molecule has 3 rings (SSSR count). The Kier molecular flexibility index (Phi) is 5.61. The number of hydrogen-bond acceptors (Lipinski definition) is 5. The average molecular weight is 364 g/mol. The molecule has 0 spiro atoms. The van der Waals surface area contributed by atoms with E-state index in [2.05, 4.69) is 15.3 Å². The van der Waals surface area contributed by atoms with Crippen LogP contribution in [0.5, 0.6) is 0 Å². The number of ether oxygens (including phenoxy) is 1. The van der Waals surface area contributed by atoms with Gasteiger partial charge in [0.15, 0.2) is 0 Å². The van der Waals surface area contributed by atoms with Crippen LogP contribution in [0.25, 0.3) is 5.82 Å². The topological polar surface area (TPSA) is 86.1 Å². The zero-order valence-corrected chi connectivity index (χ0v) is 15.1. The Bertz CT molecular complexity index is 903. The van der Waals surface area contributed by atoms with Gasteiger partial charge in [-0.3, -0.25) is 14.2 Å². The fraction of sp³-hybridized carbons (Fsp3) is 0.200. The normalized spacial score (nSPS) is 11.6. The van der Waals surface area contributed by atoms with Crippen LogP contribution in [0.15, 0.2) is 61.3 Å². The van der Waals surface area contributed by atoms with Gasteiger partial charge < -0.3 is 10.1 Å². The largest absolute Gasteiger partial charge is 0.469 e. The van der Waals surface area contributed by atoms with E-state index in [1.807, 2.05) is 31.2 Å². The molecule has 0 saturated carbocycles. The molecule has 1 aromatic carbocycles. The maximum atomic E-state index is 12.6. The van der Waals surface area contributed by atoms with Crippen molar-refractivity contribution < 1.29 is 14.3 Å². The van der Waals surface area contributed by atoms with Crippen molar-refractivity contribution >= 4 is 11.9 Å². The Morgan fingerprint density at radius 1 is 1.19 bits per heavy atom. The Hall–Kier alpha value is -3.48. The summed E-state index contributed by atoms with van der Waals surface area (Å²) in [5.74, 6) is -0.0442. The second-order valence-corrected chi connectivity index (χ2v) is 6.09. The van der Waals surface area contributed by atoms with Gasteiger partial charge in [-0.15, -0.1) is 0 Å². The number of nitrogens with zero attached hydrogens (tertiary/aromatic N) is 3. The van der Waals surface area contributed by atoms with E-state index in [4.69, 9.17) is 4.74 Å². The summed E-state index contributed by atoms with van der Waals surface area (Å²) in [6.45, 7) is 1.98. The molecule has 0 aliphatic heterocycles. The van der Waals surface area contributed by atoms with Gasteiger partial charge in [0.25, 0.3) is 5.91 Å². The van der Waals surface area contributed by atoms with Crippen molar-refractivity contribution in [3.05, 3.63) is 78.0 Å². The van der Waals surface area contributed by atoms with Crippen molar-refractivity contribution in [1.29, 1.82) is 0 Å². The van der Waals surface area contributed by atoms with Crippen molar-refractivity contribution in [1.82, 2.24) is 19.9 Å². The molecule has 1 atom stereocenters. The number of aromatic nitrogens is 3. The number of aryl methyl sites for hydroxylation is 1. The molecule has 7 nitrogen and oxygen atoms in total. The highest BCUT2D eigenvalue weighted by atomic mass is 16.5. The number of amides is 1. The molecule has 0 fully saturated rings. The van der Waals surface area contributed by atoms with Gasteiger partial charge in [0, 0.05) is 18.6 Å². The third-order valence-corrected chi connectivity index (χ3v) is 4.16. The summed E-state index contributed by atoms with van der Waals surface area (Å²) in [5.41, 5.74) is 2.34. The Morgan fingerprint density at radius 3 is 2.56 bits per heavy atom. The first-order valence-electron chi connectivity index (χ1n) is 8.45. The third kappa shape index (κ3) is 4.58. The number of nitrogens with one attached hydrogen (secondary N) is 1. The first-order chi connectivity index (χ1) is 13.1. The maximum absolute atomic E-state index is 12.6. The van der Waals surface area contributed by atoms with Gasteiger partial charge in [-0.05, 0) is 24.6 Å². The van der Waals surface area contributed by atoms with E-state index in [-0.39, 0.29) is 12.3 Å². The van der Waals surface area contributed by atoms with Crippen LogP contribution in [0.3, 0.4) is 0 Å². The minimum atomic E-state index is -0.487. The number of carbonyl (C=O) groups excluding carboxylic acids is 2. The van der Waals surface area contributed by atoms with Crippen molar-refractivity contribution in [3.63, 3.8) is 0 Å². The number of carbonyl (C=O) groups is 2. The lowest BCUT2D eigenvalue weighted by molar-refractivity contribution is -0.141. The zero-order chi connectivity index (χ0) is 19.2. The molecule has 138 valence electrons. The highest BCUT2D eigenvalue weighted by Crippen LogP contribution is 2.19. The van der Waals surface area contributed by atoms with Crippen LogP contribution in [0.1, 0.15) is 33.9 Å². The number of esters is 1. The second-order valence-electron chi connectivity index (χ2n) is 6.09. The first-order valence-corrected chi connectivity index (χ1v) is 8.45. The quantitative estimate of drug-likeness (QED) is 0.680. The van der Waals surface area contributed by atoms with E-state index < -0.39 is 12.0 Å². The Labute approximate surface area is 157 Å². The van der Waals surface area contributed by atoms with Crippen molar-refractivity contribution in [2.75, 3.05) is 7.11 Å². The molecule has 0 bridgehead atoms. The molecule has 0 aliphatic rings. The number of benzene rings is 1. The van der Waals surface area contributed by atoms with Gasteiger partial charge in [-0.1, -0.05) is 29.8 Å². The molecule has 0 aliphatic carbocycles. The minimum Gasteiger partial charge on any atom is -0.469 e. The molecule has 27 heavy (non-hydrogen) atoms. The van der Waals surface area contributed by atoms with Gasteiger partial charge in [0.1, 0.15) is 12.1 Å². The monoisotopic (exact) mass is 364 g/mol. The van der Waals surface area contributed by atoms with Gasteiger partial charge >= 0.3 is 5.97 Å². The number of pyridine rings is 1. The van der Waals surface area contributed by atoms with E-state index in [1.165, 1.54) is 13.3 Å². The predicted molar refractivity (Wildman–Crippen MR) is 99.4 cm³/mol. The van der Waals surface area contributed by atoms with Crippen LogP contribution in [-0.2, 0) is 9.53 Å². The van der Waals surface area contributed by atoms with Crippen LogP contribution in [0.4, 0.5) is 0 Å². The summed E-state index contributed by atoms with van der Waals surface area (Å²) in [7, 11) is 1.33. The predicted octanol–water partition coefficient (Wildman–Crippen LogP) is 2.61. The molecule has 7 heteroatoms. The fourth-order valence-electron chi connectivity index (χ4n) is 2.61. The number of imidazole rings is 1. The standard InChI is InChI=1S/C20H20N4O3/c1-14-3-5-15(6-4-14)17(11-19(25)27-2)23-20(26)16-7-8-18(22-12-16)24-10-9-21-13-24/h3-10,12-13,17H,11H2,1-2H3,(H,23,26)/t17-/m0/s1. The van der Waals surface area contributed by atoms with Crippen LogP contribution >= 0.6 is 0 Å². The van der Waals surface area contributed by atoms with Crippen LogP contribution in [0, 0.1) is 6.92 Å². The first kappa shape index (κ1) is 18.3. The van der Waals surface area contributed by atoms with Gasteiger partial charge in [-0.2, -0.15) is 0 Å². The minimum absolute atomic E-state index is 0.0475. The molecule has 2 heterocycles. The molecular weight excluding hydrogens is 344 g/mol. The van der Waals surface area contributed by atoms with Crippen LogP contribution < -0.4 is 5.32 Å². The van der Waals surface area contributed by atoms with E-state index in [0.29, 0.717) is 11.4 Å². The molecule has 3 aromatic rings. The molecule has 2 aromatic heterocycles. The number of methoxy groups -OCH3 is 1. The van der Waals surface area contributed by atoms with E-state index >= 15 is 0 Å². The third-order valence-electron chi connectivity index (χ3n) is 4.16. The van der Waals surface area contributed by atoms with E-state index in [0.717, 1.165) is 11.1 Å². The zero-order valence-electron chi connectivity index (χ0n) is 15.1. The SMILES string of the molecule is COC(=O)C[C@H](NC(=O)c1ccc(-n2ccnc2)nc1)c1ccc(C)cc1. The summed E-state index contributed by atoms with van der Waals surface area (Å²) < 4.78 is 6.50. The van der Waals surface area contributed by atoms with Crippen molar-refractivity contribution in [3.8, 4) is 5.82 Å². The van der Waals surface area contributed by atoms with Gasteiger partial charge in [0.2, 0.25) is 0 Å². The number of rotatable bonds is 6. The van der Waals surface area contributed by atoms with Gasteiger partial charge in [-0.25, -0.2) is 9.97 Å². The fourth-order valence-corrected chi connectivity index (χ4v) is 2.61. The van der Waals surface area contributed by atoms with E-state index in [9.17, 15) is 9.59 Å². The van der Waals surface area contributed by atoms with Crippen molar-refractivity contribution in [2.45, 2.75) is 19.4 Å². The summed E-state index contributed by atoms with van der Waals surface area (Å²) in [4.78, 5) is 32.7. The lowest BCUT2D eigenvalue weighted by atomic mass is 10.0. The molecule has 0 saturated heterocycles. The summed E-state index contributed by atoms with van der Waals surface area (Å²) >= 11 is 0. The maximum Gasteiger partial charge on any atom is 0.307 e. The van der Waals surface area contributed by atoms with Crippen LogP contribution in [0.2, 0.25) is 0 Å². The molecule has 0 radical (unpaired) electrons. The van der Waals surface area contributed by atoms with E-state index in [1.54, 1.807) is 35.4 Å². The lowest BCUT2D eigenvalue weighted by Gasteiger charge is -2.18. The second kappa shape index (κ2) is 8.27. The Balaban J connectivity index is 1.77. The average Bonchev–Trinajstić information content (AvgIpc) is 3.23. The lowest BCUT2D eigenvalue weighted by Crippen LogP contribution is -2.30. The summed E-state index contributed by atoms with van der Waals surface area (Å²) in [6.07, 6.45) is 6.60. The van der Waals surface area contributed by atoms with Crippen LogP contribution in [-0.4, -0.2) is 33.5 Å². The molecule has 1 N–H and O–H groups in total. The number of hydrogen-bond donors (Lipinski definition) is 1. The Morgan fingerprint density at radius 2 is 1.96 bits per heavy atom. The molecule has 0 unspecified atom stereocenters. The summed E-state index contributed by atoms with van der Waals surface area (Å²) in [6, 6.07) is 10.6. The molecule has 1 amide bonds. The summed E-state index contributed by atoms with van der Waals surface area (Å²) in [5, 5.41) is 2.89. The highest BCUT2D eigenvalue weighted by molar-refractivity contribution is 5.94.